The fraction of sp³-hybridized carbons (Fsp3) is 0.333. The molecule has 6 heteroatoms. The van der Waals surface area contributed by atoms with E-state index < -0.39 is 0 Å². The lowest BCUT2D eigenvalue weighted by atomic mass is 10.0. The zero-order chi connectivity index (χ0) is 18.8. The van der Waals surface area contributed by atoms with Crippen molar-refractivity contribution in [2.45, 2.75) is 32.5 Å². The number of aromatic amines is 1. The van der Waals surface area contributed by atoms with Crippen molar-refractivity contribution in [3.63, 3.8) is 0 Å². The largest absolute Gasteiger partial charge is 0.359 e. The van der Waals surface area contributed by atoms with Gasteiger partial charge in [-0.05, 0) is 25.6 Å². The van der Waals surface area contributed by atoms with E-state index in [2.05, 4.69) is 27.4 Å². The lowest BCUT2D eigenvalue weighted by molar-refractivity contribution is 0.309. The number of hydrogen-bond donors (Lipinski definition) is 2. The Morgan fingerprint density at radius 2 is 2.11 bits per heavy atom. The van der Waals surface area contributed by atoms with Crippen LogP contribution in [0.1, 0.15) is 35.5 Å². The topological polar surface area (TPSA) is 74.2 Å². The van der Waals surface area contributed by atoms with Crippen molar-refractivity contribution in [3.05, 3.63) is 75.4 Å². The van der Waals surface area contributed by atoms with Crippen LogP contribution in [0.3, 0.4) is 0 Å². The Balaban J connectivity index is 1.45. The number of aromatic nitrogens is 2. The second kappa shape index (κ2) is 7.50. The van der Waals surface area contributed by atoms with E-state index in [-0.39, 0.29) is 11.6 Å². The molecule has 140 valence electrons. The molecule has 0 radical (unpaired) electrons. The number of pyridine rings is 1. The van der Waals surface area contributed by atoms with Gasteiger partial charge in [0.2, 0.25) is 0 Å². The molecule has 6 nitrogen and oxygen atoms in total. The second-order valence-electron chi connectivity index (χ2n) is 7.20. The van der Waals surface area contributed by atoms with Crippen molar-refractivity contribution in [2.75, 3.05) is 13.6 Å². The SMILES string of the molecule is CC(NCc1cc2c([nH]c1=O)CCN(C)C2)c1cc(-c2ccccc2)no1. The summed E-state index contributed by atoms with van der Waals surface area (Å²) in [6.45, 7) is 4.34. The minimum absolute atomic E-state index is 0.0134. The molecule has 0 amide bonds. The van der Waals surface area contributed by atoms with Crippen molar-refractivity contribution < 1.29 is 4.52 Å². The van der Waals surface area contributed by atoms with E-state index in [1.54, 1.807) is 0 Å². The van der Waals surface area contributed by atoms with Crippen LogP contribution in [0.5, 0.6) is 0 Å². The number of likely N-dealkylation sites (N-methyl/N-ethyl adjacent to an activating group) is 1. The monoisotopic (exact) mass is 364 g/mol. The summed E-state index contributed by atoms with van der Waals surface area (Å²) in [5.74, 6) is 0.753. The van der Waals surface area contributed by atoms with Gasteiger partial charge in [0.05, 0.1) is 6.04 Å². The van der Waals surface area contributed by atoms with Crippen LogP contribution in [0.4, 0.5) is 0 Å². The minimum atomic E-state index is -0.0481. The first-order chi connectivity index (χ1) is 13.1. The van der Waals surface area contributed by atoms with Gasteiger partial charge in [-0.15, -0.1) is 0 Å². The van der Waals surface area contributed by atoms with Gasteiger partial charge in [-0.2, -0.15) is 0 Å². The lowest BCUT2D eigenvalue weighted by Gasteiger charge is -2.25. The summed E-state index contributed by atoms with van der Waals surface area (Å²) < 4.78 is 5.50. The van der Waals surface area contributed by atoms with Crippen LogP contribution in [-0.4, -0.2) is 28.6 Å². The molecule has 0 bridgehead atoms. The van der Waals surface area contributed by atoms with Crippen molar-refractivity contribution >= 4 is 0 Å². The average Bonchev–Trinajstić information content (AvgIpc) is 3.17. The highest BCUT2D eigenvalue weighted by Gasteiger charge is 2.17. The van der Waals surface area contributed by atoms with Crippen molar-refractivity contribution in [2.24, 2.45) is 0 Å². The number of hydrogen-bond acceptors (Lipinski definition) is 5. The molecule has 27 heavy (non-hydrogen) atoms. The molecule has 4 rings (SSSR count). The van der Waals surface area contributed by atoms with Gasteiger partial charge in [-0.1, -0.05) is 35.5 Å². The summed E-state index contributed by atoms with van der Waals surface area (Å²) in [5.41, 5.74) is 4.85. The van der Waals surface area contributed by atoms with Gasteiger partial charge in [0, 0.05) is 48.9 Å². The number of benzene rings is 1. The normalized spacial score (nSPS) is 15.5. The highest BCUT2D eigenvalue weighted by molar-refractivity contribution is 5.58. The quantitative estimate of drug-likeness (QED) is 0.728. The van der Waals surface area contributed by atoms with E-state index in [9.17, 15) is 4.79 Å². The van der Waals surface area contributed by atoms with E-state index in [0.717, 1.165) is 47.8 Å². The van der Waals surface area contributed by atoms with E-state index >= 15 is 0 Å². The van der Waals surface area contributed by atoms with Crippen LogP contribution in [0, 0.1) is 0 Å². The maximum atomic E-state index is 12.4. The Hall–Kier alpha value is -2.70. The number of H-pyrrole nitrogens is 1. The van der Waals surface area contributed by atoms with E-state index in [1.807, 2.05) is 49.4 Å². The van der Waals surface area contributed by atoms with Gasteiger partial charge in [0.15, 0.2) is 5.76 Å². The Labute approximate surface area is 158 Å². The fourth-order valence-corrected chi connectivity index (χ4v) is 3.43. The predicted octanol–water partition coefficient (Wildman–Crippen LogP) is 2.87. The molecule has 0 fully saturated rings. The van der Waals surface area contributed by atoms with Gasteiger partial charge in [-0.25, -0.2) is 0 Å². The lowest BCUT2D eigenvalue weighted by Crippen LogP contribution is -2.31. The van der Waals surface area contributed by atoms with E-state index in [4.69, 9.17) is 4.52 Å². The number of nitrogens with zero attached hydrogens (tertiary/aromatic N) is 2. The summed E-state index contributed by atoms with van der Waals surface area (Å²) >= 11 is 0. The standard InChI is InChI=1S/C21H24N4O2/c1-14(20-11-19(24-27-20)15-6-4-3-5-7-15)22-12-16-10-17-13-25(2)9-8-18(17)23-21(16)26/h3-7,10-11,14,22H,8-9,12-13H2,1-2H3,(H,23,26). The van der Waals surface area contributed by atoms with Crippen LogP contribution in [-0.2, 0) is 19.5 Å². The Bertz CT molecular complexity index is 977. The zero-order valence-electron chi connectivity index (χ0n) is 15.7. The van der Waals surface area contributed by atoms with Crippen LogP contribution in [0.25, 0.3) is 11.3 Å². The molecular formula is C21H24N4O2. The highest BCUT2D eigenvalue weighted by Crippen LogP contribution is 2.22. The van der Waals surface area contributed by atoms with Gasteiger partial charge in [0.25, 0.3) is 5.56 Å². The Morgan fingerprint density at radius 1 is 1.30 bits per heavy atom. The molecule has 0 saturated heterocycles. The van der Waals surface area contributed by atoms with E-state index in [1.165, 1.54) is 5.56 Å². The zero-order valence-corrected chi connectivity index (χ0v) is 15.7. The molecule has 1 unspecified atom stereocenters. The van der Waals surface area contributed by atoms with Gasteiger partial charge < -0.3 is 19.7 Å². The molecule has 1 aromatic carbocycles. The van der Waals surface area contributed by atoms with Crippen molar-refractivity contribution in [3.8, 4) is 11.3 Å². The molecule has 0 aliphatic carbocycles. The first kappa shape index (κ1) is 17.7. The summed E-state index contributed by atoms with van der Waals surface area (Å²) in [6.07, 6.45) is 0.894. The summed E-state index contributed by atoms with van der Waals surface area (Å²) in [7, 11) is 2.10. The van der Waals surface area contributed by atoms with Gasteiger partial charge >= 0.3 is 0 Å². The summed E-state index contributed by atoms with van der Waals surface area (Å²) in [6, 6.07) is 13.9. The van der Waals surface area contributed by atoms with Crippen molar-refractivity contribution in [1.82, 2.24) is 20.4 Å². The first-order valence-electron chi connectivity index (χ1n) is 9.28. The van der Waals surface area contributed by atoms with Crippen LogP contribution >= 0.6 is 0 Å². The number of fused-ring (bicyclic) bond motifs is 1. The third-order valence-electron chi connectivity index (χ3n) is 5.10. The maximum absolute atomic E-state index is 12.4. The molecule has 2 aromatic heterocycles. The molecule has 0 saturated carbocycles. The van der Waals surface area contributed by atoms with Gasteiger partial charge in [-0.3, -0.25) is 4.79 Å². The van der Waals surface area contributed by atoms with Crippen LogP contribution < -0.4 is 10.9 Å². The third kappa shape index (κ3) is 3.86. The number of rotatable bonds is 5. The fourth-order valence-electron chi connectivity index (χ4n) is 3.43. The molecule has 1 aliphatic heterocycles. The summed E-state index contributed by atoms with van der Waals surface area (Å²) in [5, 5.41) is 7.53. The smallest absolute Gasteiger partial charge is 0.252 e. The first-order valence-corrected chi connectivity index (χ1v) is 9.28. The third-order valence-corrected chi connectivity index (χ3v) is 5.10. The molecule has 2 N–H and O–H groups in total. The van der Waals surface area contributed by atoms with Crippen molar-refractivity contribution in [1.29, 1.82) is 0 Å². The molecule has 3 heterocycles. The predicted molar refractivity (Wildman–Crippen MR) is 104 cm³/mol. The van der Waals surface area contributed by atoms with Crippen LogP contribution in [0.15, 0.2) is 51.8 Å². The second-order valence-corrected chi connectivity index (χ2v) is 7.20. The minimum Gasteiger partial charge on any atom is -0.359 e. The Morgan fingerprint density at radius 3 is 2.93 bits per heavy atom. The van der Waals surface area contributed by atoms with Gasteiger partial charge in [0.1, 0.15) is 5.69 Å². The molecular weight excluding hydrogens is 340 g/mol. The molecule has 1 aliphatic rings. The number of nitrogens with one attached hydrogen (secondary N) is 2. The maximum Gasteiger partial charge on any atom is 0.252 e. The van der Waals surface area contributed by atoms with E-state index in [0.29, 0.717) is 6.54 Å². The Kier molecular flexibility index (Phi) is 4.92. The average molecular weight is 364 g/mol. The van der Waals surface area contributed by atoms with Crippen LogP contribution in [0.2, 0.25) is 0 Å². The molecule has 1 atom stereocenters. The highest BCUT2D eigenvalue weighted by atomic mass is 16.5. The summed E-state index contributed by atoms with van der Waals surface area (Å²) in [4.78, 5) is 17.7. The molecule has 0 spiro atoms. The molecule has 3 aromatic rings.